The van der Waals surface area contributed by atoms with Crippen LogP contribution in [0, 0.1) is 0 Å². The van der Waals surface area contributed by atoms with Crippen LogP contribution in [0.3, 0.4) is 0 Å². The number of para-hydroxylation sites is 1. The molecule has 0 saturated carbocycles. The number of thioether (sulfide) groups is 1. The Bertz CT molecular complexity index is 830. The van der Waals surface area contributed by atoms with Gasteiger partial charge in [0.05, 0.1) is 15.9 Å². The average Bonchev–Trinajstić information content (AvgIpc) is 3.07. The van der Waals surface area contributed by atoms with Crippen molar-refractivity contribution in [1.82, 2.24) is 10.3 Å². The summed E-state index contributed by atoms with van der Waals surface area (Å²) in [5, 5.41) is 8.80. The second-order valence-electron chi connectivity index (χ2n) is 5.88. The van der Waals surface area contributed by atoms with Gasteiger partial charge in [-0.3, -0.25) is 0 Å². The van der Waals surface area contributed by atoms with Gasteiger partial charge < -0.3 is 10.6 Å². The summed E-state index contributed by atoms with van der Waals surface area (Å²) in [5.41, 5.74) is 3.38. The van der Waals surface area contributed by atoms with Gasteiger partial charge in [0.2, 0.25) is 0 Å². The quantitative estimate of drug-likeness (QED) is 0.687. The van der Waals surface area contributed by atoms with Crippen LogP contribution in [-0.4, -0.2) is 29.0 Å². The molecule has 4 rings (SSSR count). The van der Waals surface area contributed by atoms with Crippen molar-refractivity contribution < 1.29 is 0 Å². The fourth-order valence-corrected chi connectivity index (χ4v) is 4.42. The van der Waals surface area contributed by atoms with Crippen LogP contribution < -0.4 is 10.6 Å². The smallest absolute Gasteiger partial charge is 0.183 e. The van der Waals surface area contributed by atoms with Gasteiger partial charge in [0.25, 0.3) is 0 Å². The Hall–Kier alpha value is -2.05. The molecule has 1 fully saturated rings. The van der Waals surface area contributed by atoms with E-state index in [1.54, 1.807) is 23.1 Å². The van der Waals surface area contributed by atoms with Gasteiger partial charge in [-0.2, -0.15) is 0 Å². The van der Waals surface area contributed by atoms with Gasteiger partial charge in [-0.05, 0) is 42.7 Å². The fraction of sp³-hybridized carbons (Fsp3) is 0.263. The lowest BCUT2D eigenvalue weighted by Gasteiger charge is -2.14. The van der Waals surface area contributed by atoms with E-state index >= 15 is 0 Å². The summed E-state index contributed by atoms with van der Waals surface area (Å²) in [5.74, 6) is 1.15. The van der Waals surface area contributed by atoms with Crippen molar-refractivity contribution in [3.8, 4) is 0 Å². The normalized spacial score (nSPS) is 16.1. The summed E-state index contributed by atoms with van der Waals surface area (Å²) >= 11 is 3.50. The van der Waals surface area contributed by atoms with Crippen LogP contribution in [0.4, 0.5) is 10.8 Å². The summed E-state index contributed by atoms with van der Waals surface area (Å²) in [4.78, 5) is 9.26. The SMILES string of the molecule is c1ccc2sc(NCCc3ccc(/N=C4/NCCCS4)cc3)nc2c1. The third-order valence-corrected chi connectivity index (χ3v) is 5.98. The Morgan fingerprint density at radius 3 is 2.80 bits per heavy atom. The van der Waals surface area contributed by atoms with E-state index < -0.39 is 0 Å². The molecule has 1 saturated heterocycles. The van der Waals surface area contributed by atoms with Crippen LogP contribution in [0.2, 0.25) is 0 Å². The topological polar surface area (TPSA) is 49.3 Å². The van der Waals surface area contributed by atoms with E-state index in [4.69, 9.17) is 0 Å². The van der Waals surface area contributed by atoms with Gasteiger partial charge in [-0.25, -0.2) is 9.98 Å². The van der Waals surface area contributed by atoms with E-state index in [2.05, 4.69) is 63.1 Å². The Labute approximate surface area is 155 Å². The van der Waals surface area contributed by atoms with Crippen LogP contribution in [0.1, 0.15) is 12.0 Å². The van der Waals surface area contributed by atoms with Crippen LogP contribution in [0.25, 0.3) is 10.2 Å². The van der Waals surface area contributed by atoms with Crippen molar-refractivity contribution in [1.29, 1.82) is 0 Å². The first-order valence-electron chi connectivity index (χ1n) is 8.50. The summed E-state index contributed by atoms with van der Waals surface area (Å²) in [6.45, 7) is 1.91. The third-order valence-electron chi connectivity index (χ3n) is 3.99. The first-order chi connectivity index (χ1) is 12.4. The van der Waals surface area contributed by atoms with Gasteiger partial charge >= 0.3 is 0 Å². The van der Waals surface area contributed by atoms with Crippen molar-refractivity contribution in [2.75, 3.05) is 24.2 Å². The van der Waals surface area contributed by atoms with E-state index in [0.717, 1.165) is 46.8 Å². The molecule has 25 heavy (non-hydrogen) atoms. The van der Waals surface area contributed by atoms with E-state index in [1.165, 1.54) is 16.7 Å². The summed E-state index contributed by atoms with van der Waals surface area (Å²) in [6, 6.07) is 16.7. The molecule has 2 aromatic carbocycles. The maximum Gasteiger partial charge on any atom is 0.183 e. The van der Waals surface area contributed by atoms with Crippen molar-refractivity contribution >= 4 is 49.3 Å². The number of anilines is 1. The highest BCUT2D eigenvalue weighted by Gasteiger charge is 2.06. The first-order valence-corrected chi connectivity index (χ1v) is 10.3. The molecule has 0 bridgehead atoms. The van der Waals surface area contributed by atoms with E-state index in [9.17, 15) is 0 Å². The molecular formula is C19H20N4S2. The lowest BCUT2D eigenvalue weighted by atomic mass is 10.1. The van der Waals surface area contributed by atoms with Crippen molar-refractivity contribution in [2.24, 2.45) is 4.99 Å². The van der Waals surface area contributed by atoms with Crippen LogP contribution in [0.15, 0.2) is 53.5 Å². The molecule has 1 aliphatic heterocycles. The maximum absolute atomic E-state index is 4.66. The van der Waals surface area contributed by atoms with Gasteiger partial charge in [0.1, 0.15) is 0 Å². The monoisotopic (exact) mass is 368 g/mol. The second-order valence-corrected chi connectivity index (χ2v) is 7.99. The Morgan fingerprint density at radius 2 is 2.00 bits per heavy atom. The number of thiazole rings is 1. The molecule has 0 amide bonds. The highest BCUT2D eigenvalue weighted by atomic mass is 32.2. The molecule has 0 aliphatic carbocycles. The average molecular weight is 369 g/mol. The van der Waals surface area contributed by atoms with Gasteiger partial charge in [0.15, 0.2) is 10.3 Å². The molecule has 128 valence electrons. The van der Waals surface area contributed by atoms with E-state index in [0.29, 0.717) is 0 Å². The summed E-state index contributed by atoms with van der Waals surface area (Å²) < 4.78 is 1.22. The van der Waals surface area contributed by atoms with Crippen LogP contribution in [-0.2, 0) is 6.42 Å². The largest absolute Gasteiger partial charge is 0.365 e. The van der Waals surface area contributed by atoms with Gasteiger partial charge in [0, 0.05) is 18.8 Å². The van der Waals surface area contributed by atoms with Crippen LogP contribution in [0.5, 0.6) is 0 Å². The predicted octanol–water partition coefficient (Wildman–Crippen LogP) is 4.66. The van der Waals surface area contributed by atoms with E-state index in [1.807, 2.05) is 6.07 Å². The minimum atomic E-state index is 0.880. The number of nitrogens with one attached hydrogen (secondary N) is 2. The number of rotatable bonds is 5. The molecule has 1 aliphatic rings. The molecule has 4 nitrogen and oxygen atoms in total. The Balaban J connectivity index is 1.32. The molecule has 3 aromatic rings. The van der Waals surface area contributed by atoms with Crippen LogP contribution >= 0.6 is 23.1 Å². The molecule has 0 unspecified atom stereocenters. The number of benzene rings is 2. The Morgan fingerprint density at radius 1 is 1.12 bits per heavy atom. The number of aliphatic imine (C=N–C) groups is 1. The standard InChI is InChI=1S/C19H20N4S2/c1-2-5-17-16(4-1)23-19(25-17)21-12-10-14-6-8-15(9-7-14)22-18-20-11-3-13-24-18/h1-2,4-9H,3,10-13H2,(H,20,22)(H,21,23). The summed E-state index contributed by atoms with van der Waals surface area (Å²) in [7, 11) is 0. The molecule has 2 heterocycles. The zero-order valence-corrected chi connectivity index (χ0v) is 15.5. The summed E-state index contributed by atoms with van der Waals surface area (Å²) in [6.07, 6.45) is 2.18. The number of fused-ring (bicyclic) bond motifs is 1. The lowest BCUT2D eigenvalue weighted by Crippen LogP contribution is -2.26. The minimum Gasteiger partial charge on any atom is -0.365 e. The molecule has 0 radical (unpaired) electrons. The molecule has 0 atom stereocenters. The van der Waals surface area contributed by atoms with Crippen molar-refractivity contribution in [3.63, 3.8) is 0 Å². The second kappa shape index (κ2) is 7.89. The van der Waals surface area contributed by atoms with Crippen molar-refractivity contribution in [3.05, 3.63) is 54.1 Å². The first kappa shape index (κ1) is 16.4. The molecule has 1 aromatic heterocycles. The van der Waals surface area contributed by atoms with Gasteiger partial charge in [-0.1, -0.05) is 47.4 Å². The third kappa shape index (κ3) is 4.32. The highest BCUT2D eigenvalue weighted by Crippen LogP contribution is 2.25. The minimum absolute atomic E-state index is 0.880. The number of nitrogens with zero attached hydrogens (tertiary/aromatic N) is 2. The zero-order chi connectivity index (χ0) is 16.9. The molecule has 2 N–H and O–H groups in total. The van der Waals surface area contributed by atoms with Crippen molar-refractivity contribution in [2.45, 2.75) is 12.8 Å². The number of aromatic nitrogens is 1. The Kier molecular flexibility index (Phi) is 5.18. The number of hydrogen-bond donors (Lipinski definition) is 2. The highest BCUT2D eigenvalue weighted by molar-refractivity contribution is 8.13. The maximum atomic E-state index is 4.66. The zero-order valence-electron chi connectivity index (χ0n) is 13.9. The predicted molar refractivity (Wildman–Crippen MR) is 110 cm³/mol. The fourth-order valence-electron chi connectivity index (χ4n) is 2.68. The molecule has 6 heteroatoms. The number of hydrogen-bond acceptors (Lipinski definition) is 5. The number of amidine groups is 1. The molecular weight excluding hydrogens is 348 g/mol. The van der Waals surface area contributed by atoms with Gasteiger partial charge in [-0.15, -0.1) is 0 Å². The molecule has 0 spiro atoms. The van der Waals surface area contributed by atoms with E-state index in [-0.39, 0.29) is 0 Å². The lowest BCUT2D eigenvalue weighted by molar-refractivity contribution is 0.844.